The van der Waals surface area contributed by atoms with Gasteiger partial charge in [-0.1, -0.05) is 44.2 Å². The summed E-state index contributed by atoms with van der Waals surface area (Å²) in [6.07, 6.45) is -5.53. The van der Waals surface area contributed by atoms with Crippen LogP contribution in [0.4, 0.5) is 18.0 Å². The lowest BCUT2D eigenvalue weighted by Gasteiger charge is -2.19. The average Bonchev–Trinajstić information content (AvgIpc) is 2.58. The van der Waals surface area contributed by atoms with Crippen LogP contribution in [-0.2, 0) is 20.9 Å². The van der Waals surface area contributed by atoms with Crippen molar-refractivity contribution in [3.8, 4) is 0 Å². The molecule has 5 N–H and O–H groups in total. The van der Waals surface area contributed by atoms with Crippen molar-refractivity contribution >= 4 is 18.0 Å². The van der Waals surface area contributed by atoms with Crippen LogP contribution in [0.3, 0.4) is 0 Å². The van der Waals surface area contributed by atoms with Crippen molar-refractivity contribution in [2.75, 3.05) is 0 Å². The van der Waals surface area contributed by atoms with Gasteiger partial charge in [-0.15, -0.1) is 0 Å². The molecule has 0 heterocycles. The number of aliphatic carboxylic acids is 1. The van der Waals surface area contributed by atoms with Crippen molar-refractivity contribution in [2.24, 2.45) is 17.5 Å². The van der Waals surface area contributed by atoms with E-state index in [-0.39, 0.29) is 12.5 Å². The molecular weight excluding hydrogens is 371 g/mol. The number of nitrogens with zero attached hydrogens (tertiary/aromatic N) is 1. The lowest BCUT2D eigenvalue weighted by molar-refractivity contribution is -0.192. The standard InChI is InChI=1S/C14H21N3O3.C2HF3O2/c1-10(2)8-12(15)13(18)17(16)14(19)20-9-11-6-4-3-5-7-11;3-2(4,5)1(6)7/h3-7,10,12H,8-9,15-16H2,1-2H3;(H,6,7)/t12-;/m0./s1. The zero-order valence-corrected chi connectivity index (χ0v) is 14.8. The number of carboxylic acid groups (broad SMARTS) is 1. The molecule has 2 amide bonds. The third kappa shape index (κ3) is 10.2. The van der Waals surface area contributed by atoms with Gasteiger partial charge in [0.2, 0.25) is 0 Å². The van der Waals surface area contributed by atoms with Crippen molar-refractivity contribution in [1.29, 1.82) is 0 Å². The van der Waals surface area contributed by atoms with Gasteiger partial charge >= 0.3 is 18.2 Å². The first-order chi connectivity index (χ1) is 12.4. The minimum Gasteiger partial charge on any atom is -0.475 e. The normalized spacial score (nSPS) is 11.9. The number of hydrogen-bond donors (Lipinski definition) is 3. The molecule has 152 valence electrons. The number of carboxylic acids is 1. The summed E-state index contributed by atoms with van der Waals surface area (Å²) in [6, 6.07) is 8.32. The number of amides is 2. The molecule has 0 aliphatic heterocycles. The van der Waals surface area contributed by atoms with E-state index in [1.807, 2.05) is 32.0 Å². The van der Waals surface area contributed by atoms with Crippen LogP contribution in [0.5, 0.6) is 0 Å². The third-order valence-corrected chi connectivity index (χ3v) is 2.92. The van der Waals surface area contributed by atoms with E-state index >= 15 is 0 Å². The van der Waals surface area contributed by atoms with Crippen LogP contribution in [0.25, 0.3) is 0 Å². The summed E-state index contributed by atoms with van der Waals surface area (Å²) in [6.45, 7) is 3.92. The zero-order valence-electron chi connectivity index (χ0n) is 14.8. The Morgan fingerprint density at radius 3 is 2.07 bits per heavy atom. The number of rotatable bonds is 5. The lowest BCUT2D eigenvalue weighted by atomic mass is 10.0. The predicted molar refractivity (Wildman–Crippen MR) is 88.8 cm³/mol. The highest BCUT2D eigenvalue weighted by Crippen LogP contribution is 2.13. The van der Waals surface area contributed by atoms with Crippen molar-refractivity contribution in [2.45, 2.75) is 39.1 Å². The highest BCUT2D eigenvalue weighted by Gasteiger charge is 2.38. The van der Waals surface area contributed by atoms with E-state index in [0.717, 1.165) is 5.56 Å². The fraction of sp³-hybridized carbons (Fsp3) is 0.438. The van der Waals surface area contributed by atoms with Gasteiger partial charge in [-0.05, 0) is 17.9 Å². The van der Waals surface area contributed by atoms with Gasteiger partial charge in [0.1, 0.15) is 6.61 Å². The van der Waals surface area contributed by atoms with Gasteiger partial charge in [0, 0.05) is 0 Å². The number of carbonyl (C=O) groups is 3. The molecular formula is C16H22F3N3O5. The van der Waals surface area contributed by atoms with Crippen LogP contribution >= 0.6 is 0 Å². The second-order valence-corrected chi connectivity index (χ2v) is 5.79. The van der Waals surface area contributed by atoms with Crippen molar-refractivity contribution in [1.82, 2.24) is 5.01 Å². The molecule has 0 saturated carbocycles. The smallest absolute Gasteiger partial charge is 0.475 e. The van der Waals surface area contributed by atoms with E-state index in [2.05, 4.69) is 0 Å². The van der Waals surface area contributed by atoms with Crippen LogP contribution < -0.4 is 11.6 Å². The van der Waals surface area contributed by atoms with Crippen LogP contribution in [0.1, 0.15) is 25.8 Å². The van der Waals surface area contributed by atoms with Crippen LogP contribution in [0.15, 0.2) is 30.3 Å². The van der Waals surface area contributed by atoms with E-state index in [4.69, 9.17) is 26.2 Å². The van der Waals surface area contributed by atoms with Crippen molar-refractivity contribution < 1.29 is 37.4 Å². The summed E-state index contributed by atoms with van der Waals surface area (Å²) >= 11 is 0. The molecule has 27 heavy (non-hydrogen) atoms. The van der Waals surface area contributed by atoms with Gasteiger partial charge in [0.25, 0.3) is 5.91 Å². The van der Waals surface area contributed by atoms with E-state index in [9.17, 15) is 22.8 Å². The molecule has 1 atom stereocenters. The second-order valence-electron chi connectivity index (χ2n) is 5.79. The molecule has 0 aliphatic rings. The maximum absolute atomic E-state index is 11.8. The molecule has 1 rings (SSSR count). The summed E-state index contributed by atoms with van der Waals surface area (Å²) in [4.78, 5) is 32.4. The predicted octanol–water partition coefficient (Wildman–Crippen LogP) is 2.03. The molecule has 0 aromatic heterocycles. The molecule has 0 aliphatic carbocycles. The Morgan fingerprint density at radius 2 is 1.67 bits per heavy atom. The SMILES string of the molecule is CC(C)C[C@H](N)C(=O)N(N)C(=O)OCc1ccccc1.O=C(O)C(F)(F)F. The molecule has 0 unspecified atom stereocenters. The first-order valence-corrected chi connectivity index (χ1v) is 7.71. The van der Waals surface area contributed by atoms with Gasteiger partial charge in [-0.3, -0.25) is 4.79 Å². The first-order valence-electron chi connectivity index (χ1n) is 7.71. The molecule has 0 spiro atoms. The van der Waals surface area contributed by atoms with Gasteiger partial charge < -0.3 is 15.6 Å². The van der Waals surface area contributed by atoms with E-state index < -0.39 is 30.2 Å². The maximum atomic E-state index is 11.8. The summed E-state index contributed by atoms with van der Waals surface area (Å²) in [7, 11) is 0. The minimum atomic E-state index is -5.08. The molecule has 0 fully saturated rings. The highest BCUT2D eigenvalue weighted by molar-refractivity contribution is 5.94. The Kier molecular flexibility index (Phi) is 10.0. The van der Waals surface area contributed by atoms with E-state index in [1.165, 1.54) is 0 Å². The fourth-order valence-electron chi connectivity index (χ4n) is 1.67. The Morgan fingerprint density at radius 1 is 1.19 bits per heavy atom. The van der Waals surface area contributed by atoms with Crippen molar-refractivity contribution in [3.05, 3.63) is 35.9 Å². The number of alkyl halides is 3. The molecule has 1 aromatic carbocycles. The minimum absolute atomic E-state index is 0.0556. The Labute approximate surface area is 153 Å². The first kappa shape index (κ1) is 24.3. The van der Waals surface area contributed by atoms with Crippen molar-refractivity contribution in [3.63, 3.8) is 0 Å². The van der Waals surface area contributed by atoms with Gasteiger partial charge in [-0.25, -0.2) is 15.4 Å². The number of carbonyl (C=O) groups excluding carboxylic acids is 2. The lowest BCUT2D eigenvalue weighted by Crippen LogP contribution is -2.51. The quantitative estimate of drug-likeness (QED) is 0.395. The number of imide groups is 1. The monoisotopic (exact) mass is 393 g/mol. The second kappa shape index (κ2) is 11.1. The van der Waals surface area contributed by atoms with Gasteiger partial charge in [0.15, 0.2) is 0 Å². The molecule has 0 radical (unpaired) electrons. The summed E-state index contributed by atoms with van der Waals surface area (Å²) < 4.78 is 36.7. The Hall–Kier alpha value is -2.66. The number of nitrogens with two attached hydrogens (primary N) is 2. The van der Waals surface area contributed by atoms with E-state index in [0.29, 0.717) is 11.4 Å². The van der Waals surface area contributed by atoms with Crippen LogP contribution in [0.2, 0.25) is 0 Å². The summed E-state index contributed by atoms with van der Waals surface area (Å²) in [5.74, 6) is 2.27. The summed E-state index contributed by atoms with van der Waals surface area (Å²) in [5.41, 5.74) is 6.50. The number of hydrazine groups is 1. The number of hydrogen-bond acceptors (Lipinski definition) is 6. The topological polar surface area (TPSA) is 136 Å². The average molecular weight is 393 g/mol. The zero-order chi connectivity index (χ0) is 21.2. The third-order valence-electron chi connectivity index (χ3n) is 2.92. The number of ether oxygens (including phenoxy) is 1. The van der Waals surface area contributed by atoms with Gasteiger partial charge in [-0.2, -0.15) is 18.2 Å². The number of halogens is 3. The largest absolute Gasteiger partial charge is 0.490 e. The van der Waals surface area contributed by atoms with Crippen LogP contribution in [0, 0.1) is 5.92 Å². The Bertz CT molecular complexity index is 623. The summed E-state index contributed by atoms with van der Waals surface area (Å²) in [5, 5.41) is 7.57. The Balaban J connectivity index is 0.000000821. The van der Waals surface area contributed by atoms with Gasteiger partial charge in [0.05, 0.1) is 6.04 Å². The van der Waals surface area contributed by atoms with Crippen LogP contribution in [-0.4, -0.2) is 40.3 Å². The molecule has 1 aromatic rings. The number of benzene rings is 1. The molecule has 11 heteroatoms. The maximum Gasteiger partial charge on any atom is 0.490 e. The molecule has 8 nitrogen and oxygen atoms in total. The van der Waals surface area contributed by atoms with E-state index in [1.54, 1.807) is 12.1 Å². The molecule has 0 bridgehead atoms. The fourth-order valence-corrected chi connectivity index (χ4v) is 1.67. The highest BCUT2D eigenvalue weighted by atomic mass is 19.4. The molecule has 0 saturated heterocycles.